The normalized spacial score (nSPS) is 14.8. The Bertz CT molecular complexity index is 649. The molecule has 0 aliphatic carbocycles. The topological polar surface area (TPSA) is 56.5 Å². The quantitative estimate of drug-likeness (QED) is 0.889. The number of nitriles is 1. The molecule has 0 aliphatic rings. The predicted molar refractivity (Wildman–Crippen MR) is 90.0 cm³/mol. The smallest absolute Gasteiger partial charge is 0.123 e. The summed E-state index contributed by atoms with van der Waals surface area (Å²) in [5, 5.41) is 20.1. The van der Waals surface area contributed by atoms with Crippen LogP contribution in [0, 0.1) is 11.3 Å². The molecule has 3 atom stereocenters. The van der Waals surface area contributed by atoms with E-state index in [1.165, 1.54) is 0 Å². The molecule has 0 aromatic heterocycles. The Balaban J connectivity index is 2.18. The van der Waals surface area contributed by atoms with Gasteiger partial charge in [0.05, 0.1) is 19.3 Å². The molecule has 0 fully saturated rings. The number of methoxy groups -OCH3 is 1. The van der Waals surface area contributed by atoms with Gasteiger partial charge >= 0.3 is 0 Å². The third-order valence-electron chi connectivity index (χ3n) is 4.20. The number of rotatable bonds is 6. The van der Waals surface area contributed by atoms with E-state index < -0.39 is 12.1 Å². The highest BCUT2D eigenvalue weighted by Crippen LogP contribution is 2.28. The Morgan fingerprint density at radius 2 is 1.65 bits per heavy atom. The Morgan fingerprint density at radius 3 is 2.17 bits per heavy atom. The molecule has 0 amide bonds. The lowest BCUT2D eigenvalue weighted by Gasteiger charge is -2.32. The van der Waals surface area contributed by atoms with Gasteiger partial charge in [-0.1, -0.05) is 42.5 Å². The fourth-order valence-corrected chi connectivity index (χ4v) is 2.57. The summed E-state index contributed by atoms with van der Waals surface area (Å²) in [6.07, 6.45) is -0.657. The maximum Gasteiger partial charge on any atom is 0.123 e. The molecule has 0 radical (unpaired) electrons. The highest BCUT2D eigenvalue weighted by Gasteiger charge is 2.27. The maximum absolute atomic E-state index is 10.6. The predicted octanol–water partition coefficient (Wildman–Crippen LogP) is 3.31. The van der Waals surface area contributed by atoms with Crippen molar-refractivity contribution in [2.24, 2.45) is 0 Å². The Kier molecular flexibility index (Phi) is 5.75. The molecule has 0 bridgehead atoms. The van der Waals surface area contributed by atoms with E-state index in [4.69, 9.17) is 4.74 Å². The number of hydrogen-bond donors (Lipinski definition) is 1. The largest absolute Gasteiger partial charge is 0.497 e. The van der Waals surface area contributed by atoms with Crippen LogP contribution in [0.1, 0.15) is 30.2 Å². The zero-order chi connectivity index (χ0) is 16.8. The second-order valence-electron chi connectivity index (χ2n) is 5.57. The van der Waals surface area contributed by atoms with E-state index in [2.05, 4.69) is 6.07 Å². The van der Waals surface area contributed by atoms with Gasteiger partial charge in [-0.2, -0.15) is 5.26 Å². The van der Waals surface area contributed by atoms with Crippen molar-refractivity contribution in [1.29, 1.82) is 5.26 Å². The van der Waals surface area contributed by atoms with E-state index in [1.54, 1.807) is 7.11 Å². The van der Waals surface area contributed by atoms with Gasteiger partial charge in [-0.3, -0.25) is 4.90 Å². The summed E-state index contributed by atoms with van der Waals surface area (Å²) >= 11 is 0. The number of ether oxygens (including phenoxy) is 1. The first-order valence-corrected chi connectivity index (χ1v) is 7.57. The molecule has 4 nitrogen and oxygen atoms in total. The average Bonchev–Trinajstić information content (AvgIpc) is 2.62. The van der Waals surface area contributed by atoms with Gasteiger partial charge in [-0.15, -0.1) is 0 Å². The van der Waals surface area contributed by atoms with E-state index in [0.29, 0.717) is 0 Å². The van der Waals surface area contributed by atoms with Gasteiger partial charge in [0, 0.05) is 6.04 Å². The molecule has 1 N–H and O–H groups in total. The van der Waals surface area contributed by atoms with Gasteiger partial charge in [-0.05, 0) is 37.2 Å². The summed E-state index contributed by atoms with van der Waals surface area (Å²) in [4.78, 5) is 1.89. The second-order valence-corrected chi connectivity index (χ2v) is 5.57. The van der Waals surface area contributed by atoms with E-state index >= 15 is 0 Å². The highest BCUT2D eigenvalue weighted by atomic mass is 16.5. The maximum atomic E-state index is 10.6. The lowest BCUT2D eigenvalue weighted by Crippen LogP contribution is -2.36. The summed E-state index contributed by atoms with van der Waals surface area (Å²) in [7, 11) is 3.47. The molecular formula is C19H22N2O2. The van der Waals surface area contributed by atoms with Crippen molar-refractivity contribution < 1.29 is 9.84 Å². The molecule has 0 aliphatic heterocycles. The third-order valence-corrected chi connectivity index (χ3v) is 4.20. The molecule has 0 saturated heterocycles. The standard InChI is InChI=1S/C19H22N2O2/c1-14(19(22)16-7-5-4-6-8-16)21(2)18(13-20)15-9-11-17(23-3)12-10-15/h4-12,14,18-19,22H,1-3H3. The van der Waals surface area contributed by atoms with Crippen LogP contribution in [0.2, 0.25) is 0 Å². The molecule has 4 heteroatoms. The van der Waals surface area contributed by atoms with Crippen LogP contribution in [0.15, 0.2) is 54.6 Å². The van der Waals surface area contributed by atoms with Gasteiger partial charge in [0.1, 0.15) is 11.8 Å². The van der Waals surface area contributed by atoms with Crippen LogP contribution in [0.3, 0.4) is 0 Å². The van der Waals surface area contributed by atoms with Crippen LogP contribution < -0.4 is 4.74 Å². The van der Waals surface area contributed by atoms with E-state index in [-0.39, 0.29) is 6.04 Å². The minimum Gasteiger partial charge on any atom is -0.497 e. The summed E-state index contributed by atoms with van der Waals surface area (Å²) in [6, 6.07) is 18.6. The van der Waals surface area contributed by atoms with Crippen molar-refractivity contribution in [3.63, 3.8) is 0 Å². The molecule has 0 spiro atoms. The first kappa shape index (κ1) is 17.0. The van der Waals surface area contributed by atoms with Gasteiger partial charge in [0.2, 0.25) is 0 Å². The molecule has 23 heavy (non-hydrogen) atoms. The zero-order valence-electron chi connectivity index (χ0n) is 13.7. The Morgan fingerprint density at radius 1 is 1.04 bits per heavy atom. The molecule has 3 unspecified atom stereocenters. The number of aliphatic hydroxyl groups is 1. The molecule has 2 aromatic rings. The first-order chi connectivity index (χ1) is 11.1. The monoisotopic (exact) mass is 310 g/mol. The molecule has 2 aromatic carbocycles. The van der Waals surface area contributed by atoms with Crippen molar-refractivity contribution >= 4 is 0 Å². The average molecular weight is 310 g/mol. The summed E-state index contributed by atoms with van der Waals surface area (Å²) in [6.45, 7) is 1.92. The lowest BCUT2D eigenvalue weighted by atomic mass is 9.99. The number of hydrogen-bond acceptors (Lipinski definition) is 4. The second kappa shape index (κ2) is 7.77. The lowest BCUT2D eigenvalue weighted by molar-refractivity contribution is 0.0605. The van der Waals surface area contributed by atoms with Crippen molar-refractivity contribution in [2.75, 3.05) is 14.2 Å². The van der Waals surface area contributed by atoms with Crippen molar-refractivity contribution in [3.8, 4) is 11.8 Å². The van der Waals surface area contributed by atoms with Crippen LogP contribution in [-0.2, 0) is 0 Å². The van der Waals surface area contributed by atoms with Crippen LogP contribution in [0.5, 0.6) is 5.75 Å². The first-order valence-electron chi connectivity index (χ1n) is 7.57. The van der Waals surface area contributed by atoms with Crippen LogP contribution in [0.25, 0.3) is 0 Å². The zero-order valence-corrected chi connectivity index (χ0v) is 13.7. The number of benzene rings is 2. The molecule has 0 heterocycles. The van der Waals surface area contributed by atoms with E-state index in [9.17, 15) is 10.4 Å². The van der Waals surface area contributed by atoms with Crippen LogP contribution in [0.4, 0.5) is 0 Å². The summed E-state index contributed by atoms with van der Waals surface area (Å²) < 4.78 is 5.15. The number of aliphatic hydroxyl groups excluding tert-OH is 1. The SMILES string of the molecule is COc1ccc(C(C#N)N(C)C(C)C(O)c2ccccc2)cc1. The minimum absolute atomic E-state index is 0.204. The highest BCUT2D eigenvalue weighted by molar-refractivity contribution is 5.32. The Hall–Kier alpha value is -2.35. The summed E-state index contributed by atoms with van der Waals surface area (Å²) in [5.41, 5.74) is 1.72. The van der Waals surface area contributed by atoms with Crippen LogP contribution in [-0.4, -0.2) is 30.2 Å². The van der Waals surface area contributed by atoms with Crippen molar-refractivity contribution in [2.45, 2.75) is 25.1 Å². The molecule has 2 rings (SSSR count). The molecule has 120 valence electrons. The van der Waals surface area contributed by atoms with Gasteiger partial charge in [-0.25, -0.2) is 0 Å². The summed E-state index contributed by atoms with van der Waals surface area (Å²) in [5.74, 6) is 0.755. The van der Waals surface area contributed by atoms with E-state index in [0.717, 1.165) is 16.9 Å². The van der Waals surface area contributed by atoms with Gasteiger partial charge in [0.25, 0.3) is 0 Å². The molecule has 0 saturated carbocycles. The van der Waals surface area contributed by atoms with Gasteiger partial charge < -0.3 is 9.84 Å². The fourth-order valence-electron chi connectivity index (χ4n) is 2.57. The number of nitrogens with zero attached hydrogens (tertiary/aromatic N) is 2. The number of likely N-dealkylation sites (N-methyl/N-ethyl adjacent to an activating group) is 1. The van der Waals surface area contributed by atoms with E-state index in [1.807, 2.05) is 73.5 Å². The third kappa shape index (κ3) is 3.89. The van der Waals surface area contributed by atoms with Crippen LogP contribution >= 0.6 is 0 Å². The molecular weight excluding hydrogens is 288 g/mol. The van der Waals surface area contributed by atoms with Crippen molar-refractivity contribution in [1.82, 2.24) is 4.90 Å². The Labute approximate surface area is 137 Å². The van der Waals surface area contributed by atoms with Gasteiger partial charge in [0.15, 0.2) is 0 Å². The fraction of sp³-hybridized carbons (Fsp3) is 0.316. The minimum atomic E-state index is -0.657. The van der Waals surface area contributed by atoms with Crippen molar-refractivity contribution in [3.05, 3.63) is 65.7 Å².